The highest BCUT2D eigenvalue weighted by atomic mass is 14.9. The molecule has 0 radical (unpaired) electrons. The Morgan fingerprint density at radius 1 is 0.952 bits per heavy atom. The molecular formula is C20H22N+. The molecule has 21 heavy (non-hydrogen) atoms. The van der Waals surface area contributed by atoms with E-state index in [9.17, 15) is 0 Å². The fourth-order valence-electron chi connectivity index (χ4n) is 2.96. The van der Waals surface area contributed by atoms with Gasteiger partial charge in [-0.05, 0) is 56.3 Å². The third-order valence-corrected chi connectivity index (χ3v) is 4.19. The summed E-state index contributed by atoms with van der Waals surface area (Å²) in [6.45, 7) is 8.38. The van der Waals surface area contributed by atoms with Crippen LogP contribution in [0.25, 0.3) is 22.0 Å². The molecule has 0 unspecified atom stereocenters. The van der Waals surface area contributed by atoms with Gasteiger partial charge in [0, 0.05) is 6.04 Å². The van der Waals surface area contributed by atoms with Crippen LogP contribution < -0.4 is 4.57 Å². The van der Waals surface area contributed by atoms with Gasteiger partial charge in [0.15, 0.2) is 6.17 Å². The van der Waals surface area contributed by atoms with Crippen LogP contribution in [0.15, 0.2) is 42.5 Å². The highest BCUT2D eigenvalue weighted by molar-refractivity contribution is 5.94. The molecule has 0 aliphatic carbocycles. The number of hydrogen-bond acceptors (Lipinski definition) is 0. The molecule has 0 saturated carbocycles. The summed E-state index contributed by atoms with van der Waals surface area (Å²) in [7, 11) is 1.88. The topological polar surface area (TPSA) is 3.88 Å². The predicted octanol–water partition coefficient (Wildman–Crippen LogP) is 4.56. The van der Waals surface area contributed by atoms with Crippen molar-refractivity contribution in [1.82, 2.24) is 0 Å². The lowest BCUT2D eigenvalue weighted by atomic mass is 9.94. The molecule has 1 nitrogen and oxygen atoms in total. The van der Waals surface area contributed by atoms with Crippen LogP contribution in [0, 0.1) is 27.7 Å². The van der Waals surface area contributed by atoms with Crippen molar-refractivity contribution in [2.45, 2.75) is 27.7 Å². The highest BCUT2D eigenvalue weighted by Crippen LogP contribution is 2.30. The first kappa shape index (κ1) is 11.5. The van der Waals surface area contributed by atoms with Crippen LogP contribution in [0.4, 0.5) is 0 Å². The second kappa shape index (κ2) is 5.00. The number of rotatable bonds is 1. The quantitative estimate of drug-likeness (QED) is 0.574. The monoisotopic (exact) mass is 278 g/mol. The third-order valence-electron chi connectivity index (χ3n) is 4.19. The first-order valence-electron chi connectivity index (χ1n) is 8.29. The van der Waals surface area contributed by atoms with E-state index in [-0.39, 0.29) is 12.2 Å². The van der Waals surface area contributed by atoms with Gasteiger partial charge in [-0.3, -0.25) is 0 Å². The normalized spacial score (nSPS) is 12.4. The largest absolute Gasteiger partial charge is 0.220 e. The first-order chi connectivity index (χ1) is 10.8. The van der Waals surface area contributed by atoms with Crippen molar-refractivity contribution in [1.29, 1.82) is 0 Å². The second-order valence-electron chi connectivity index (χ2n) is 5.95. The molecule has 0 atom stereocenters. The van der Waals surface area contributed by atoms with Gasteiger partial charge in [-0.2, -0.15) is 0 Å². The summed E-state index contributed by atoms with van der Waals surface area (Å²) in [6, 6.07) is 10.8. The Morgan fingerprint density at radius 3 is 2.48 bits per heavy atom. The SMILES string of the molecule is [2H]c1c([2H])[n+](C)c(-c2cc(C)cc(C)c2C)c2ccc(C)cc12. The van der Waals surface area contributed by atoms with Crippen LogP contribution in [-0.2, 0) is 7.05 Å². The summed E-state index contributed by atoms with van der Waals surface area (Å²) in [4.78, 5) is 0. The van der Waals surface area contributed by atoms with Gasteiger partial charge in [-0.1, -0.05) is 29.3 Å². The minimum absolute atomic E-state index is 0.247. The van der Waals surface area contributed by atoms with Crippen LogP contribution in [-0.4, -0.2) is 0 Å². The summed E-state index contributed by atoms with van der Waals surface area (Å²) >= 11 is 0. The van der Waals surface area contributed by atoms with Crippen molar-refractivity contribution >= 4 is 10.8 Å². The number of aryl methyl sites for hydroxylation is 3. The maximum absolute atomic E-state index is 8.34. The van der Waals surface area contributed by atoms with E-state index in [4.69, 9.17) is 2.74 Å². The molecule has 1 heteroatoms. The zero-order valence-corrected chi connectivity index (χ0v) is 13.3. The number of fused-ring (bicyclic) bond motifs is 1. The minimum Gasteiger partial charge on any atom is -0.200 e. The van der Waals surface area contributed by atoms with E-state index in [1.807, 2.05) is 24.6 Å². The lowest BCUT2D eigenvalue weighted by molar-refractivity contribution is -0.659. The molecule has 106 valence electrons. The fraction of sp³-hybridized carbons (Fsp3) is 0.250. The Bertz CT molecular complexity index is 943. The van der Waals surface area contributed by atoms with Crippen LogP contribution in [0.2, 0.25) is 0 Å². The standard InChI is InChI=1S/C20H22N/c1-13-6-7-18-17(11-13)8-9-21(5)20(18)19-12-14(2)10-15(3)16(19)4/h6-12H,1-5H3/q+1/i8D,9D. The number of nitrogens with zero attached hydrogens (tertiary/aromatic N) is 1. The van der Waals surface area contributed by atoms with E-state index in [0.29, 0.717) is 0 Å². The van der Waals surface area contributed by atoms with E-state index in [1.165, 1.54) is 16.7 Å². The molecule has 3 rings (SSSR count). The molecule has 0 aliphatic heterocycles. The van der Waals surface area contributed by atoms with Crippen molar-refractivity contribution < 1.29 is 7.31 Å². The summed E-state index contributed by atoms with van der Waals surface area (Å²) in [5, 5.41) is 1.88. The Kier molecular flexibility index (Phi) is 2.74. The summed E-state index contributed by atoms with van der Waals surface area (Å²) < 4.78 is 18.5. The van der Waals surface area contributed by atoms with E-state index in [2.05, 4.69) is 45.0 Å². The average molecular weight is 278 g/mol. The number of benzene rings is 2. The van der Waals surface area contributed by atoms with Crippen LogP contribution >= 0.6 is 0 Å². The van der Waals surface area contributed by atoms with Crippen molar-refractivity contribution in [2.75, 3.05) is 0 Å². The van der Waals surface area contributed by atoms with Crippen molar-refractivity contribution in [3.05, 3.63) is 64.8 Å². The summed E-state index contributed by atoms with van der Waals surface area (Å²) in [6.07, 6.45) is 0.247. The lowest BCUT2D eigenvalue weighted by Gasteiger charge is -2.11. The van der Waals surface area contributed by atoms with E-state index < -0.39 is 0 Å². The Balaban J connectivity index is 2.52. The molecule has 1 heterocycles. The molecule has 0 fully saturated rings. The van der Waals surface area contributed by atoms with Crippen LogP contribution in [0.3, 0.4) is 0 Å². The van der Waals surface area contributed by atoms with Gasteiger partial charge in [0.05, 0.1) is 12.3 Å². The van der Waals surface area contributed by atoms with Gasteiger partial charge in [-0.25, -0.2) is 4.57 Å². The minimum atomic E-state index is 0.247. The Morgan fingerprint density at radius 2 is 1.71 bits per heavy atom. The number of hydrogen-bond donors (Lipinski definition) is 0. The van der Waals surface area contributed by atoms with Gasteiger partial charge < -0.3 is 0 Å². The maximum atomic E-state index is 8.34. The van der Waals surface area contributed by atoms with Crippen LogP contribution in [0.1, 0.15) is 25.0 Å². The van der Waals surface area contributed by atoms with Gasteiger partial charge in [-0.15, -0.1) is 0 Å². The highest BCUT2D eigenvalue weighted by Gasteiger charge is 2.18. The molecule has 0 saturated heterocycles. The van der Waals surface area contributed by atoms with E-state index >= 15 is 0 Å². The van der Waals surface area contributed by atoms with Gasteiger partial charge in [0.1, 0.15) is 8.42 Å². The van der Waals surface area contributed by atoms with Crippen molar-refractivity contribution in [3.8, 4) is 11.3 Å². The number of pyridine rings is 1. The van der Waals surface area contributed by atoms with E-state index in [1.54, 1.807) is 0 Å². The zero-order chi connectivity index (χ0) is 16.9. The predicted molar refractivity (Wildman–Crippen MR) is 89.5 cm³/mol. The smallest absolute Gasteiger partial charge is 0.200 e. The maximum Gasteiger partial charge on any atom is 0.220 e. The molecule has 3 aromatic rings. The number of aromatic nitrogens is 1. The average Bonchev–Trinajstić information content (AvgIpc) is 2.50. The molecule has 0 bridgehead atoms. The van der Waals surface area contributed by atoms with Gasteiger partial charge >= 0.3 is 0 Å². The van der Waals surface area contributed by atoms with Crippen LogP contribution in [0.5, 0.6) is 0 Å². The second-order valence-corrected chi connectivity index (χ2v) is 5.95. The third kappa shape index (κ3) is 2.33. The molecule has 0 spiro atoms. The van der Waals surface area contributed by atoms with Crippen molar-refractivity contribution in [2.24, 2.45) is 7.05 Å². The molecule has 1 aromatic heterocycles. The molecule has 2 aromatic carbocycles. The Labute approximate surface area is 129 Å². The molecule has 0 aliphatic rings. The Hall–Kier alpha value is -2.15. The lowest BCUT2D eigenvalue weighted by Crippen LogP contribution is -2.30. The molecule has 0 amide bonds. The molecule has 0 N–H and O–H groups in total. The fourth-order valence-corrected chi connectivity index (χ4v) is 2.96. The molecular weight excluding hydrogens is 254 g/mol. The zero-order valence-electron chi connectivity index (χ0n) is 15.3. The first-order valence-corrected chi connectivity index (χ1v) is 7.29. The van der Waals surface area contributed by atoms with Gasteiger partial charge in [0.25, 0.3) is 0 Å². The summed E-state index contributed by atoms with van der Waals surface area (Å²) in [5.74, 6) is 0. The van der Waals surface area contributed by atoms with Crippen molar-refractivity contribution in [3.63, 3.8) is 0 Å². The summed E-state index contributed by atoms with van der Waals surface area (Å²) in [5.41, 5.74) is 6.97. The van der Waals surface area contributed by atoms with E-state index in [0.717, 1.165) is 27.6 Å². The van der Waals surface area contributed by atoms with Gasteiger partial charge in [0.2, 0.25) is 5.69 Å².